The summed E-state index contributed by atoms with van der Waals surface area (Å²) in [7, 11) is 0. The van der Waals surface area contributed by atoms with Crippen LogP contribution in [-0.4, -0.2) is 20.0 Å². The molecule has 0 saturated carbocycles. The Bertz CT molecular complexity index is 769. The van der Waals surface area contributed by atoms with Crippen LogP contribution < -0.4 is 5.32 Å². The van der Waals surface area contributed by atoms with Crippen molar-refractivity contribution in [3.8, 4) is 5.82 Å². The number of hydrogen-bond donors (Lipinski definition) is 1. The van der Waals surface area contributed by atoms with E-state index in [4.69, 9.17) is 11.6 Å². The predicted molar refractivity (Wildman–Crippen MR) is 78.6 cm³/mol. The third-order valence-electron chi connectivity index (χ3n) is 2.80. The van der Waals surface area contributed by atoms with Crippen LogP contribution in [0.5, 0.6) is 0 Å². The van der Waals surface area contributed by atoms with Crippen molar-refractivity contribution in [2.24, 2.45) is 0 Å². The van der Waals surface area contributed by atoms with Crippen molar-refractivity contribution < 1.29 is 4.39 Å². The summed E-state index contributed by atoms with van der Waals surface area (Å²) in [6.45, 7) is 1.90. The molecule has 0 unspecified atom stereocenters. The Morgan fingerprint density at radius 2 is 2.00 bits per heavy atom. The van der Waals surface area contributed by atoms with Gasteiger partial charge in [-0.25, -0.2) is 9.07 Å². The van der Waals surface area contributed by atoms with Gasteiger partial charge in [-0.05, 0) is 43.3 Å². The lowest BCUT2D eigenvalue weighted by atomic mass is 10.3. The molecule has 0 spiro atoms. The smallest absolute Gasteiger partial charge is 0.175 e. The highest BCUT2D eigenvalue weighted by atomic mass is 35.5. The van der Waals surface area contributed by atoms with Crippen molar-refractivity contribution in [3.63, 3.8) is 0 Å². The van der Waals surface area contributed by atoms with Gasteiger partial charge in [-0.15, -0.1) is 10.2 Å². The Morgan fingerprint density at radius 1 is 1.14 bits per heavy atom. The van der Waals surface area contributed by atoms with E-state index in [2.05, 4.69) is 20.6 Å². The second-order valence-corrected chi connectivity index (χ2v) is 4.84. The average Bonchev–Trinajstić information content (AvgIpc) is 2.90. The van der Waals surface area contributed by atoms with Crippen molar-refractivity contribution in [3.05, 3.63) is 59.1 Å². The van der Waals surface area contributed by atoms with Crippen molar-refractivity contribution in [2.75, 3.05) is 5.32 Å². The van der Waals surface area contributed by atoms with Crippen molar-refractivity contribution in [1.29, 1.82) is 0 Å². The summed E-state index contributed by atoms with van der Waals surface area (Å²) in [5.74, 6) is 0.689. The molecule has 0 bridgehead atoms. The fourth-order valence-corrected chi connectivity index (χ4v) is 1.96. The van der Waals surface area contributed by atoms with Gasteiger partial charge in [-0.3, -0.25) is 0 Å². The van der Waals surface area contributed by atoms with Crippen LogP contribution in [-0.2, 0) is 0 Å². The van der Waals surface area contributed by atoms with Gasteiger partial charge in [0.05, 0.1) is 10.7 Å². The highest BCUT2D eigenvalue weighted by Crippen LogP contribution is 2.21. The molecule has 106 valence electrons. The maximum Gasteiger partial charge on any atom is 0.175 e. The number of nitrogens with zero attached hydrogens (tertiary/aromatic N) is 4. The van der Waals surface area contributed by atoms with E-state index in [1.807, 2.05) is 19.2 Å². The monoisotopic (exact) mass is 303 g/mol. The van der Waals surface area contributed by atoms with Crippen molar-refractivity contribution in [1.82, 2.24) is 20.0 Å². The van der Waals surface area contributed by atoms with Gasteiger partial charge in [0.1, 0.15) is 5.82 Å². The Kier molecular flexibility index (Phi) is 3.53. The van der Waals surface area contributed by atoms with Crippen molar-refractivity contribution in [2.45, 2.75) is 6.92 Å². The molecule has 0 atom stereocenters. The predicted octanol–water partition coefficient (Wildman–Crippen LogP) is 3.51. The van der Waals surface area contributed by atoms with Gasteiger partial charge < -0.3 is 5.32 Å². The number of aromatic nitrogens is 4. The van der Waals surface area contributed by atoms with E-state index in [0.29, 0.717) is 17.3 Å². The van der Waals surface area contributed by atoms with Crippen LogP contribution in [0.3, 0.4) is 0 Å². The van der Waals surface area contributed by atoms with E-state index in [1.165, 1.54) is 12.1 Å². The van der Waals surface area contributed by atoms with E-state index in [9.17, 15) is 4.39 Å². The van der Waals surface area contributed by atoms with Crippen LogP contribution >= 0.6 is 11.6 Å². The number of aryl methyl sites for hydroxylation is 1. The zero-order chi connectivity index (χ0) is 14.8. The van der Waals surface area contributed by atoms with Gasteiger partial charge in [-0.1, -0.05) is 11.6 Å². The molecule has 0 amide bonds. The van der Waals surface area contributed by atoms with Gasteiger partial charge in [-0.2, -0.15) is 5.10 Å². The summed E-state index contributed by atoms with van der Waals surface area (Å²) in [5, 5.41) is 15.4. The number of halogens is 2. The van der Waals surface area contributed by atoms with Crippen LogP contribution in [0.25, 0.3) is 5.82 Å². The first-order chi connectivity index (χ1) is 10.1. The van der Waals surface area contributed by atoms with Crippen LogP contribution in [0.2, 0.25) is 5.02 Å². The lowest BCUT2D eigenvalue weighted by Gasteiger charge is -2.06. The molecule has 0 saturated heterocycles. The minimum absolute atomic E-state index is 0.0524. The SMILES string of the molecule is Cc1ccn(-c2ccc(Nc3ccc(F)c(Cl)c3)nn2)n1. The molecule has 2 aromatic heterocycles. The molecule has 1 aromatic carbocycles. The first-order valence-electron chi connectivity index (χ1n) is 6.20. The lowest BCUT2D eigenvalue weighted by Crippen LogP contribution is -2.02. The molecule has 0 aliphatic heterocycles. The fourth-order valence-electron chi connectivity index (χ4n) is 1.78. The number of hydrogen-bond acceptors (Lipinski definition) is 4. The highest BCUT2D eigenvalue weighted by Gasteiger charge is 2.04. The normalized spacial score (nSPS) is 10.6. The minimum Gasteiger partial charge on any atom is -0.339 e. The quantitative estimate of drug-likeness (QED) is 0.804. The topological polar surface area (TPSA) is 55.6 Å². The summed E-state index contributed by atoms with van der Waals surface area (Å²) in [4.78, 5) is 0. The Hall–Kier alpha value is -2.47. The lowest BCUT2D eigenvalue weighted by molar-refractivity contribution is 0.628. The van der Waals surface area contributed by atoms with E-state index in [-0.39, 0.29) is 5.02 Å². The molecule has 7 heteroatoms. The maximum atomic E-state index is 13.1. The average molecular weight is 304 g/mol. The second kappa shape index (κ2) is 5.49. The third kappa shape index (κ3) is 3.00. The van der Waals surface area contributed by atoms with Gasteiger partial charge in [0.15, 0.2) is 11.6 Å². The van der Waals surface area contributed by atoms with E-state index >= 15 is 0 Å². The molecule has 5 nitrogen and oxygen atoms in total. The first kappa shape index (κ1) is 13.5. The van der Waals surface area contributed by atoms with E-state index < -0.39 is 5.82 Å². The number of rotatable bonds is 3. The van der Waals surface area contributed by atoms with Gasteiger partial charge in [0.2, 0.25) is 0 Å². The maximum absolute atomic E-state index is 13.1. The summed E-state index contributed by atoms with van der Waals surface area (Å²) in [6, 6.07) is 9.79. The third-order valence-corrected chi connectivity index (χ3v) is 3.09. The summed E-state index contributed by atoms with van der Waals surface area (Å²) < 4.78 is 14.7. The van der Waals surface area contributed by atoms with E-state index in [0.717, 1.165) is 5.69 Å². The van der Waals surface area contributed by atoms with Crippen LogP contribution in [0.4, 0.5) is 15.9 Å². The summed E-state index contributed by atoms with van der Waals surface area (Å²) >= 11 is 5.73. The molecule has 1 N–H and O–H groups in total. The first-order valence-corrected chi connectivity index (χ1v) is 6.58. The molecule has 2 heterocycles. The molecule has 3 aromatic rings. The van der Waals surface area contributed by atoms with Crippen molar-refractivity contribution >= 4 is 23.1 Å². The zero-order valence-electron chi connectivity index (χ0n) is 11.1. The fraction of sp³-hybridized carbons (Fsp3) is 0.0714. The number of nitrogens with one attached hydrogen (secondary N) is 1. The van der Waals surface area contributed by atoms with Gasteiger partial charge in [0, 0.05) is 11.9 Å². The number of benzene rings is 1. The van der Waals surface area contributed by atoms with Crippen LogP contribution in [0, 0.1) is 12.7 Å². The molecular weight excluding hydrogens is 293 g/mol. The van der Waals surface area contributed by atoms with E-state index in [1.54, 1.807) is 22.9 Å². The van der Waals surface area contributed by atoms with Crippen LogP contribution in [0.15, 0.2) is 42.6 Å². The molecule has 0 aliphatic carbocycles. The largest absolute Gasteiger partial charge is 0.339 e. The van der Waals surface area contributed by atoms with Gasteiger partial charge >= 0.3 is 0 Å². The molecule has 21 heavy (non-hydrogen) atoms. The summed E-state index contributed by atoms with van der Waals surface area (Å²) in [6.07, 6.45) is 1.81. The molecule has 0 radical (unpaired) electrons. The molecular formula is C14H11ClFN5. The Labute approximate surface area is 125 Å². The number of anilines is 2. The Morgan fingerprint density at radius 3 is 2.62 bits per heavy atom. The molecule has 3 rings (SSSR count). The molecule has 0 aliphatic rings. The molecule has 0 fully saturated rings. The highest BCUT2D eigenvalue weighted by molar-refractivity contribution is 6.31. The summed E-state index contributed by atoms with van der Waals surface area (Å²) in [5.41, 5.74) is 1.54. The standard InChI is InChI=1S/C14H11ClFN5/c1-9-6-7-21(20-9)14-5-4-13(18-19-14)17-10-2-3-12(16)11(15)8-10/h2-8H,1H3,(H,17,18). The van der Waals surface area contributed by atoms with Crippen LogP contribution in [0.1, 0.15) is 5.69 Å². The second-order valence-electron chi connectivity index (χ2n) is 4.43. The van der Waals surface area contributed by atoms with Gasteiger partial charge in [0.25, 0.3) is 0 Å². The zero-order valence-corrected chi connectivity index (χ0v) is 11.8. The minimum atomic E-state index is -0.460. The Balaban J connectivity index is 1.79.